The molecule has 0 saturated heterocycles. The molecule has 2 aromatic rings. The number of benzene rings is 1. The van der Waals surface area contributed by atoms with E-state index in [4.69, 9.17) is 17.3 Å². The molecule has 2 N–H and O–H groups in total. The van der Waals surface area contributed by atoms with Crippen molar-refractivity contribution in [1.82, 2.24) is 9.55 Å². The molecule has 4 heteroatoms. The minimum absolute atomic E-state index is 0.509. The summed E-state index contributed by atoms with van der Waals surface area (Å²) in [7, 11) is 1.88. The first-order valence-electron chi connectivity index (χ1n) is 4.21. The molecule has 0 bridgehead atoms. The number of nitrogens with two attached hydrogens (primary N) is 1. The van der Waals surface area contributed by atoms with Crippen LogP contribution in [0.2, 0.25) is 5.02 Å². The van der Waals surface area contributed by atoms with Crippen LogP contribution in [0.15, 0.2) is 30.5 Å². The Morgan fingerprint density at radius 1 is 1.29 bits per heavy atom. The zero-order chi connectivity index (χ0) is 10.1. The Hall–Kier alpha value is -1.48. The highest BCUT2D eigenvalue weighted by molar-refractivity contribution is 6.30. The third kappa shape index (κ3) is 1.46. The van der Waals surface area contributed by atoms with E-state index in [-0.39, 0.29) is 0 Å². The van der Waals surface area contributed by atoms with E-state index in [2.05, 4.69) is 4.98 Å². The van der Waals surface area contributed by atoms with Gasteiger partial charge in [0, 0.05) is 12.1 Å². The summed E-state index contributed by atoms with van der Waals surface area (Å²) in [4.78, 5) is 4.02. The van der Waals surface area contributed by atoms with Crippen LogP contribution >= 0.6 is 11.6 Å². The monoisotopic (exact) mass is 207 g/mol. The van der Waals surface area contributed by atoms with Gasteiger partial charge in [0.1, 0.15) is 0 Å². The van der Waals surface area contributed by atoms with Crippen LogP contribution in [-0.4, -0.2) is 9.55 Å². The van der Waals surface area contributed by atoms with Crippen molar-refractivity contribution in [3.8, 4) is 11.3 Å². The fraction of sp³-hybridized carbons (Fsp3) is 0.100. The van der Waals surface area contributed by atoms with Crippen LogP contribution < -0.4 is 5.73 Å². The van der Waals surface area contributed by atoms with E-state index in [0.717, 1.165) is 16.3 Å². The average Bonchev–Trinajstić information content (AvgIpc) is 2.50. The predicted octanol–water partition coefficient (Wildman–Crippen LogP) is 2.32. The smallest absolute Gasteiger partial charge is 0.200 e. The lowest BCUT2D eigenvalue weighted by Gasteiger charge is -2.02. The zero-order valence-corrected chi connectivity index (χ0v) is 8.49. The molecular weight excluding hydrogens is 198 g/mol. The Kier molecular flexibility index (Phi) is 2.17. The number of hydrogen-bond donors (Lipinski definition) is 1. The molecule has 14 heavy (non-hydrogen) atoms. The van der Waals surface area contributed by atoms with Crippen molar-refractivity contribution in [2.24, 2.45) is 7.05 Å². The van der Waals surface area contributed by atoms with Crippen LogP contribution in [0, 0.1) is 0 Å². The molecule has 72 valence electrons. The predicted molar refractivity (Wildman–Crippen MR) is 58.1 cm³/mol. The molecule has 0 fully saturated rings. The third-order valence-electron chi connectivity index (χ3n) is 2.16. The molecule has 3 nitrogen and oxygen atoms in total. The maximum Gasteiger partial charge on any atom is 0.200 e. The first-order valence-corrected chi connectivity index (χ1v) is 4.59. The SMILES string of the molecule is Cn1c(-c2ccc(Cl)cc2)cnc1N. The summed E-state index contributed by atoms with van der Waals surface area (Å²) in [5, 5.41) is 0.726. The molecular formula is C10H10ClN3. The van der Waals surface area contributed by atoms with E-state index in [1.54, 1.807) is 6.20 Å². The number of nitrogen functional groups attached to an aromatic ring is 1. The van der Waals surface area contributed by atoms with Gasteiger partial charge in [0.2, 0.25) is 0 Å². The molecule has 0 aliphatic carbocycles. The van der Waals surface area contributed by atoms with Gasteiger partial charge in [-0.3, -0.25) is 0 Å². The molecule has 0 saturated carbocycles. The van der Waals surface area contributed by atoms with Gasteiger partial charge in [0.15, 0.2) is 5.95 Å². The maximum absolute atomic E-state index is 5.80. The average molecular weight is 208 g/mol. The molecule has 1 aromatic carbocycles. The van der Waals surface area contributed by atoms with Crippen LogP contribution in [-0.2, 0) is 7.05 Å². The van der Waals surface area contributed by atoms with E-state index >= 15 is 0 Å². The highest BCUT2D eigenvalue weighted by Gasteiger charge is 2.04. The Balaban J connectivity index is 2.49. The van der Waals surface area contributed by atoms with Crippen LogP contribution in [0.3, 0.4) is 0 Å². The van der Waals surface area contributed by atoms with Crippen molar-refractivity contribution >= 4 is 17.5 Å². The van der Waals surface area contributed by atoms with Crippen LogP contribution in [0.5, 0.6) is 0 Å². The molecule has 1 heterocycles. The van der Waals surface area contributed by atoms with Crippen molar-refractivity contribution in [1.29, 1.82) is 0 Å². The summed E-state index contributed by atoms with van der Waals surface area (Å²) in [5.74, 6) is 0.509. The third-order valence-corrected chi connectivity index (χ3v) is 2.42. The lowest BCUT2D eigenvalue weighted by molar-refractivity contribution is 0.938. The molecule has 1 aromatic heterocycles. The first kappa shape index (κ1) is 9.09. The van der Waals surface area contributed by atoms with Crippen LogP contribution in [0.4, 0.5) is 5.95 Å². The molecule has 0 spiro atoms. The number of anilines is 1. The second-order valence-electron chi connectivity index (χ2n) is 3.07. The maximum atomic E-state index is 5.80. The number of hydrogen-bond acceptors (Lipinski definition) is 2. The van der Waals surface area contributed by atoms with Gasteiger partial charge in [-0.1, -0.05) is 23.7 Å². The van der Waals surface area contributed by atoms with Gasteiger partial charge in [0.05, 0.1) is 11.9 Å². The van der Waals surface area contributed by atoms with Crippen LogP contribution in [0.1, 0.15) is 0 Å². The second-order valence-corrected chi connectivity index (χ2v) is 3.50. The molecule has 2 rings (SSSR count). The molecule has 0 radical (unpaired) electrons. The number of imidazole rings is 1. The fourth-order valence-electron chi connectivity index (χ4n) is 1.31. The van der Waals surface area contributed by atoms with E-state index in [9.17, 15) is 0 Å². The Bertz CT molecular complexity index is 445. The van der Waals surface area contributed by atoms with E-state index in [1.807, 2.05) is 35.9 Å². The highest BCUT2D eigenvalue weighted by atomic mass is 35.5. The van der Waals surface area contributed by atoms with Gasteiger partial charge >= 0.3 is 0 Å². The minimum Gasteiger partial charge on any atom is -0.369 e. The summed E-state index contributed by atoms with van der Waals surface area (Å²) in [6.45, 7) is 0. The van der Waals surface area contributed by atoms with Gasteiger partial charge in [-0.15, -0.1) is 0 Å². The summed E-state index contributed by atoms with van der Waals surface area (Å²) in [6, 6.07) is 7.58. The number of halogens is 1. The van der Waals surface area contributed by atoms with Gasteiger partial charge in [0.25, 0.3) is 0 Å². The van der Waals surface area contributed by atoms with Gasteiger partial charge < -0.3 is 10.3 Å². The lowest BCUT2D eigenvalue weighted by atomic mass is 10.2. The molecule has 0 aliphatic heterocycles. The topological polar surface area (TPSA) is 43.8 Å². The molecule has 0 unspecified atom stereocenters. The summed E-state index contributed by atoms with van der Waals surface area (Å²) < 4.78 is 1.84. The summed E-state index contributed by atoms with van der Waals surface area (Å²) >= 11 is 5.80. The number of aromatic nitrogens is 2. The van der Waals surface area contributed by atoms with Crippen molar-refractivity contribution in [3.05, 3.63) is 35.5 Å². The summed E-state index contributed by atoms with van der Waals surface area (Å²) in [5.41, 5.74) is 7.68. The normalized spacial score (nSPS) is 10.4. The standard InChI is InChI=1S/C10H10ClN3/c1-14-9(6-13-10(14)12)7-2-4-8(11)5-3-7/h2-6H,1H3,(H2,12,13). The van der Waals surface area contributed by atoms with Crippen molar-refractivity contribution in [3.63, 3.8) is 0 Å². The van der Waals surface area contributed by atoms with E-state index in [0.29, 0.717) is 5.95 Å². The van der Waals surface area contributed by atoms with Crippen molar-refractivity contribution in [2.45, 2.75) is 0 Å². The van der Waals surface area contributed by atoms with Gasteiger partial charge in [-0.2, -0.15) is 0 Å². The molecule has 0 amide bonds. The summed E-state index contributed by atoms with van der Waals surface area (Å²) in [6.07, 6.45) is 1.75. The van der Waals surface area contributed by atoms with E-state index in [1.165, 1.54) is 0 Å². The molecule has 0 aliphatic rings. The van der Waals surface area contributed by atoms with Gasteiger partial charge in [-0.25, -0.2) is 4.98 Å². The highest BCUT2D eigenvalue weighted by Crippen LogP contribution is 2.22. The van der Waals surface area contributed by atoms with Gasteiger partial charge in [-0.05, 0) is 17.7 Å². The Morgan fingerprint density at radius 2 is 1.93 bits per heavy atom. The van der Waals surface area contributed by atoms with Crippen molar-refractivity contribution in [2.75, 3.05) is 5.73 Å². The largest absolute Gasteiger partial charge is 0.369 e. The fourth-order valence-corrected chi connectivity index (χ4v) is 1.44. The second kappa shape index (κ2) is 3.35. The first-order chi connectivity index (χ1) is 6.68. The number of nitrogens with zero attached hydrogens (tertiary/aromatic N) is 2. The van der Waals surface area contributed by atoms with Crippen molar-refractivity contribution < 1.29 is 0 Å². The zero-order valence-electron chi connectivity index (χ0n) is 7.74. The van der Waals surface area contributed by atoms with Crippen LogP contribution in [0.25, 0.3) is 11.3 Å². The Morgan fingerprint density at radius 3 is 2.43 bits per heavy atom. The Labute approximate surface area is 87.1 Å². The quantitative estimate of drug-likeness (QED) is 0.780. The lowest BCUT2D eigenvalue weighted by Crippen LogP contribution is -1.98. The molecule has 0 atom stereocenters. The van der Waals surface area contributed by atoms with E-state index < -0.39 is 0 Å². The number of rotatable bonds is 1. The minimum atomic E-state index is 0.509.